The summed E-state index contributed by atoms with van der Waals surface area (Å²) in [6.07, 6.45) is 1.46. The zero-order valence-corrected chi connectivity index (χ0v) is 15.8. The quantitative estimate of drug-likeness (QED) is 0.891. The van der Waals surface area contributed by atoms with Crippen LogP contribution in [0.5, 0.6) is 0 Å². The van der Waals surface area contributed by atoms with E-state index in [9.17, 15) is 14.4 Å². The topological polar surface area (TPSA) is 69.7 Å². The largest absolute Gasteiger partial charge is 0.345 e. The summed E-state index contributed by atoms with van der Waals surface area (Å²) >= 11 is 6.17. The summed E-state index contributed by atoms with van der Waals surface area (Å²) in [6, 6.07) is 4.33. The number of carbonyl (C=O) groups is 3. The van der Waals surface area contributed by atoms with Crippen LogP contribution in [0.4, 0.5) is 5.69 Å². The molecule has 1 aliphatic heterocycles. The summed E-state index contributed by atoms with van der Waals surface area (Å²) in [7, 11) is 3.30. The van der Waals surface area contributed by atoms with Gasteiger partial charge >= 0.3 is 0 Å². The second-order valence-electron chi connectivity index (χ2n) is 6.73. The average molecular weight is 366 g/mol. The summed E-state index contributed by atoms with van der Waals surface area (Å²) in [5.41, 5.74) is 0.885. The predicted molar refractivity (Wildman–Crippen MR) is 97.7 cm³/mol. The Balaban J connectivity index is 2.11. The summed E-state index contributed by atoms with van der Waals surface area (Å²) in [5, 5.41) is 3.08. The van der Waals surface area contributed by atoms with E-state index in [1.54, 1.807) is 37.2 Å². The second-order valence-corrected chi connectivity index (χ2v) is 7.14. The number of hydrogen-bond acceptors (Lipinski definition) is 3. The minimum Gasteiger partial charge on any atom is -0.345 e. The molecule has 1 aromatic carbocycles. The van der Waals surface area contributed by atoms with Crippen molar-refractivity contribution in [2.24, 2.45) is 5.92 Å². The fraction of sp³-hybridized carbons (Fsp3) is 0.500. The van der Waals surface area contributed by atoms with Gasteiger partial charge in [0.05, 0.1) is 10.6 Å². The normalized spacial score (nSPS) is 16.9. The Morgan fingerprint density at radius 2 is 1.96 bits per heavy atom. The second kappa shape index (κ2) is 7.87. The number of nitrogens with one attached hydrogen (secondary N) is 1. The third kappa shape index (κ3) is 4.31. The zero-order valence-electron chi connectivity index (χ0n) is 15.0. The molecule has 0 bridgehead atoms. The lowest BCUT2D eigenvalue weighted by Gasteiger charge is -2.25. The van der Waals surface area contributed by atoms with E-state index in [0.717, 1.165) is 6.42 Å². The molecule has 2 rings (SSSR count). The van der Waals surface area contributed by atoms with Crippen molar-refractivity contribution >= 4 is 35.0 Å². The molecular weight excluding hydrogens is 342 g/mol. The lowest BCUT2D eigenvalue weighted by Crippen LogP contribution is -2.44. The van der Waals surface area contributed by atoms with Crippen LogP contribution in [0.3, 0.4) is 0 Å². The van der Waals surface area contributed by atoms with Crippen molar-refractivity contribution in [1.82, 2.24) is 9.80 Å². The van der Waals surface area contributed by atoms with Gasteiger partial charge in [-0.1, -0.05) is 25.4 Å². The molecule has 6 nitrogen and oxygen atoms in total. The van der Waals surface area contributed by atoms with E-state index in [0.29, 0.717) is 24.2 Å². The van der Waals surface area contributed by atoms with Crippen LogP contribution < -0.4 is 5.32 Å². The van der Waals surface area contributed by atoms with Gasteiger partial charge in [-0.05, 0) is 31.0 Å². The highest BCUT2D eigenvalue weighted by atomic mass is 35.5. The van der Waals surface area contributed by atoms with Crippen molar-refractivity contribution in [3.8, 4) is 0 Å². The van der Waals surface area contributed by atoms with Gasteiger partial charge in [-0.15, -0.1) is 0 Å². The van der Waals surface area contributed by atoms with Crippen LogP contribution in [0.2, 0.25) is 5.02 Å². The Labute approximate surface area is 153 Å². The Bertz CT molecular complexity index is 688. The Morgan fingerprint density at radius 1 is 1.28 bits per heavy atom. The molecule has 1 N–H and O–H groups in total. The standard InChI is InChI=1S/C18H24ClN3O3/c1-11(2)17(24)22-9-5-6-15(22)16(23)20-12-7-8-13(14(19)10-12)18(25)21(3)4/h7-8,10-11,15H,5-6,9H2,1-4H3,(H,20,23). The smallest absolute Gasteiger partial charge is 0.254 e. The summed E-state index contributed by atoms with van der Waals surface area (Å²) in [6.45, 7) is 4.26. The number of carbonyl (C=O) groups excluding carboxylic acids is 3. The fourth-order valence-electron chi connectivity index (χ4n) is 2.87. The van der Waals surface area contributed by atoms with Crippen molar-refractivity contribution in [3.05, 3.63) is 28.8 Å². The number of halogens is 1. The molecule has 1 heterocycles. The van der Waals surface area contributed by atoms with E-state index >= 15 is 0 Å². The first kappa shape index (κ1) is 19.2. The molecular formula is C18H24ClN3O3. The highest BCUT2D eigenvalue weighted by molar-refractivity contribution is 6.34. The molecule has 1 aliphatic rings. The number of rotatable bonds is 4. The van der Waals surface area contributed by atoms with Crippen LogP contribution in [0, 0.1) is 5.92 Å². The first-order valence-electron chi connectivity index (χ1n) is 8.35. The first-order chi connectivity index (χ1) is 11.7. The summed E-state index contributed by atoms with van der Waals surface area (Å²) < 4.78 is 0. The molecule has 1 fully saturated rings. The molecule has 0 saturated carbocycles. The van der Waals surface area contributed by atoms with Gasteiger partial charge in [-0.2, -0.15) is 0 Å². The molecule has 1 aromatic rings. The van der Waals surface area contributed by atoms with E-state index in [1.807, 2.05) is 13.8 Å². The lowest BCUT2D eigenvalue weighted by molar-refractivity contribution is -0.139. The minimum atomic E-state index is -0.461. The van der Waals surface area contributed by atoms with Crippen molar-refractivity contribution < 1.29 is 14.4 Å². The predicted octanol–water partition coefficient (Wildman–Crippen LogP) is 2.63. The van der Waals surface area contributed by atoms with E-state index in [1.165, 1.54) is 4.90 Å². The molecule has 0 spiro atoms. The molecule has 1 saturated heterocycles. The van der Waals surface area contributed by atoms with Crippen LogP contribution in [-0.2, 0) is 9.59 Å². The number of nitrogens with zero attached hydrogens (tertiary/aromatic N) is 2. The number of benzene rings is 1. The summed E-state index contributed by atoms with van der Waals surface area (Å²) in [4.78, 5) is 39.9. The third-order valence-corrected chi connectivity index (χ3v) is 4.52. The third-order valence-electron chi connectivity index (χ3n) is 4.21. The average Bonchev–Trinajstić information content (AvgIpc) is 3.03. The molecule has 0 radical (unpaired) electrons. The first-order valence-corrected chi connectivity index (χ1v) is 8.72. The number of anilines is 1. The number of amides is 3. The van der Waals surface area contributed by atoms with E-state index in [2.05, 4.69) is 5.32 Å². The van der Waals surface area contributed by atoms with Gasteiger partial charge in [0.15, 0.2) is 0 Å². The molecule has 0 aliphatic carbocycles. The van der Waals surface area contributed by atoms with Gasteiger partial charge in [-0.25, -0.2) is 0 Å². The number of hydrogen-bond donors (Lipinski definition) is 1. The van der Waals surface area contributed by atoms with Gasteiger partial charge in [-0.3, -0.25) is 14.4 Å². The molecule has 0 aromatic heterocycles. The molecule has 25 heavy (non-hydrogen) atoms. The molecule has 1 unspecified atom stereocenters. The van der Waals surface area contributed by atoms with Gasteiger partial charge in [0, 0.05) is 32.2 Å². The lowest BCUT2D eigenvalue weighted by atomic mass is 10.1. The van der Waals surface area contributed by atoms with E-state index < -0.39 is 6.04 Å². The van der Waals surface area contributed by atoms with E-state index in [4.69, 9.17) is 11.6 Å². The van der Waals surface area contributed by atoms with Crippen LogP contribution in [0.15, 0.2) is 18.2 Å². The monoisotopic (exact) mass is 365 g/mol. The molecule has 7 heteroatoms. The van der Waals surface area contributed by atoms with Gasteiger partial charge in [0.1, 0.15) is 6.04 Å². The van der Waals surface area contributed by atoms with Gasteiger partial charge < -0.3 is 15.1 Å². The maximum atomic E-state index is 12.6. The Kier molecular flexibility index (Phi) is 6.06. The maximum Gasteiger partial charge on any atom is 0.254 e. The van der Waals surface area contributed by atoms with Crippen LogP contribution >= 0.6 is 11.6 Å². The van der Waals surface area contributed by atoms with Crippen LogP contribution in [0.1, 0.15) is 37.0 Å². The van der Waals surface area contributed by atoms with Gasteiger partial charge in [0.25, 0.3) is 5.91 Å². The van der Waals surface area contributed by atoms with Crippen molar-refractivity contribution in [2.45, 2.75) is 32.7 Å². The minimum absolute atomic E-state index is 0.0115. The summed E-state index contributed by atoms with van der Waals surface area (Å²) in [5.74, 6) is -0.580. The highest BCUT2D eigenvalue weighted by Crippen LogP contribution is 2.24. The molecule has 1 atom stereocenters. The van der Waals surface area contributed by atoms with Crippen molar-refractivity contribution in [2.75, 3.05) is 26.0 Å². The van der Waals surface area contributed by atoms with Gasteiger partial charge in [0.2, 0.25) is 11.8 Å². The fourth-order valence-corrected chi connectivity index (χ4v) is 3.13. The number of likely N-dealkylation sites (tertiary alicyclic amines) is 1. The maximum absolute atomic E-state index is 12.6. The SMILES string of the molecule is CC(C)C(=O)N1CCCC1C(=O)Nc1ccc(C(=O)N(C)C)c(Cl)c1. The van der Waals surface area contributed by atoms with Crippen molar-refractivity contribution in [3.63, 3.8) is 0 Å². The van der Waals surface area contributed by atoms with Crippen LogP contribution in [-0.4, -0.2) is 54.2 Å². The zero-order chi connectivity index (χ0) is 18.7. The Hall–Kier alpha value is -2.08. The highest BCUT2D eigenvalue weighted by Gasteiger charge is 2.34. The van der Waals surface area contributed by atoms with E-state index in [-0.39, 0.29) is 28.7 Å². The Morgan fingerprint density at radius 3 is 2.52 bits per heavy atom. The molecule has 136 valence electrons. The molecule has 3 amide bonds. The van der Waals surface area contributed by atoms with Crippen LogP contribution in [0.25, 0.3) is 0 Å². The van der Waals surface area contributed by atoms with Crippen molar-refractivity contribution in [1.29, 1.82) is 0 Å².